The van der Waals surface area contributed by atoms with Gasteiger partial charge in [-0.1, -0.05) is 13.0 Å². The predicted molar refractivity (Wildman–Crippen MR) is 103 cm³/mol. The van der Waals surface area contributed by atoms with Crippen LogP contribution in [0.3, 0.4) is 0 Å². The van der Waals surface area contributed by atoms with Crippen molar-refractivity contribution in [2.45, 2.75) is 13.3 Å². The van der Waals surface area contributed by atoms with Gasteiger partial charge < -0.3 is 24.8 Å². The van der Waals surface area contributed by atoms with Gasteiger partial charge in [0.05, 0.1) is 19.8 Å². The summed E-state index contributed by atoms with van der Waals surface area (Å²) in [7, 11) is 1.63. The van der Waals surface area contributed by atoms with Crippen LogP contribution in [0.1, 0.15) is 13.3 Å². The minimum Gasteiger partial charge on any atom is -0.494 e. The molecule has 0 aliphatic heterocycles. The molecule has 0 aliphatic carbocycles. The number of ether oxygens (including phenoxy) is 3. The van der Waals surface area contributed by atoms with Crippen LogP contribution in [-0.2, 0) is 9.53 Å². The quantitative estimate of drug-likeness (QED) is 0.601. The lowest BCUT2D eigenvalue weighted by molar-refractivity contribution is -0.114. The fraction of sp³-hybridized carbons (Fsp3) is 0.350. The van der Waals surface area contributed by atoms with Gasteiger partial charge in [-0.2, -0.15) is 0 Å². The first kappa shape index (κ1) is 19.6. The molecule has 0 fully saturated rings. The third-order valence-corrected chi connectivity index (χ3v) is 3.45. The molecule has 0 bridgehead atoms. The standard InChI is InChI=1S/C20H26N2O4/c1-3-11-25-18-9-7-16(8-10-18)22-20(23)15-21-17-5-4-6-19(14-17)26-13-12-24-2/h4-10,14,21H,3,11-13,15H2,1-2H3,(H,22,23). The Morgan fingerprint density at radius 3 is 2.42 bits per heavy atom. The molecule has 26 heavy (non-hydrogen) atoms. The number of carbonyl (C=O) groups is 1. The highest BCUT2D eigenvalue weighted by Gasteiger charge is 2.04. The fourth-order valence-corrected chi connectivity index (χ4v) is 2.18. The van der Waals surface area contributed by atoms with E-state index in [0.29, 0.717) is 19.8 Å². The lowest BCUT2D eigenvalue weighted by Gasteiger charge is -2.10. The van der Waals surface area contributed by atoms with E-state index in [1.807, 2.05) is 48.5 Å². The van der Waals surface area contributed by atoms with E-state index < -0.39 is 0 Å². The lowest BCUT2D eigenvalue weighted by atomic mass is 10.3. The normalized spacial score (nSPS) is 10.2. The first-order valence-corrected chi connectivity index (χ1v) is 8.69. The van der Waals surface area contributed by atoms with Crippen molar-refractivity contribution < 1.29 is 19.0 Å². The van der Waals surface area contributed by atoms with Crippen molar-refractivity contribution in [2.75, 3.05) is 44.1 Å². The van der Waals surface area contributed by atoms with Crippen molar-refractivity contribution in [3.63, 3.8) is 0 Å². The Bertz CT molecular complexity index is 674. The Kier molecular flexibility index (Phi) is 8.29. The van der Waals surface area contributed by atoms with Crippen molar-refractivity contribution in [1.29, 1.82) is 0 Å². The van der Waals surface area contributed by atoms with E-state index in [9.17, 15) is 4.79 Å². The van der Waals surface area contributed by atoms with E-state index in [-0.39, 0.29) is 12.5 Å². The highest BCUT2D eigenvalue weighted by molar-refractivity contribution is 5.93. The van der Waals surface area contributed by atoms with Crippen LogP contribution in [0.25, 0.3) is 0 Å². The van der Waals surface area contributed by atoms with E-state index in [2.05, 4.69) is 17.6 Å². The van der Waals surface area contributed by atoms with Crippen molar-refractivity contribution in [3.05, 3.63) is 48.5 Å². The molecule has 2 aromatic rings. The molecular weight excluding hydrogens is 332 g/mol. The molecule has 0 aromatic heterocycles. The molecule has 6 heteroatoms. The summed E-state index contributed by atoms with van der Waals surface area (Å²) >= 11 is 0. The number of hydrogen-bond acceptors (Lipinski definition) is 5. The van der Waals surface area contributed by atoms with Crippen molar-refractivity contribution >= 4 is 17.3 Å². The molecule has 0 spiro atoms. The summed E-state index contributed by atoms with van der Waals surface area (Å²) in [6.45, 7) is 3.92. The van der Waals surface area contributed by atoms with E-state index in [1.165, 1.54) is 0 Å². The molecular formula is C20H26N2O4. The molecule has 0 unspecified atom stereocenters. The lowest BCUT2D eigenvalue weighted by Crippen LogP contribution is -2.21. The zero-order valence-electron chi connectivity index (χ0n) is 15.3. The van der Waals surface area contributed by atoms with Gasteiger partial charge in [-0.25, -0.2) is 0 Å². The van der Waals surface area contributed by atoms with Gasteiger partial charge in [0.1, 0.15) is 18.1 Å². The second-order valence-electron chi connectivity index (χ2n) is 5.64. The van der Waals surface area contributed by atoms with Gasteiger partial charge in [-0.05, 0) is 42.8 Å². The number of nitrogens with one attached hydrogen (secondary N) is 2. The van der Waals surface area contributed by atoms with Gasteiger partial charge in [0.2, 0.25) is 5.91 Å². The van der Waals surface area contributed by atoms with E-state index in [4.69, 9.17) is 14.2 Å². The number of benzene rings is 2. The van der Waals surface area contributed by atoms with E-state index in [0.717, 1.165) is 29.3 Å². The zero-order chi connectivity index (χ0) is 18.6. The number of anilines is 2. The number of methoxy groups -OCH3 is 1. The first-order chi connectivity index (χ1) is 12.7. The molecule has 6 nitrogen and oxygen atoms in total. The molecule has 0 heterocycles. The maximum absolute atomic E-state index is 12.1. The summed E-state index contributed by atoms with van der Waals surface area (Å²) in [6, 6.07) is 14.8. The van der Waals surface area contributed by atoms with Gasteiger partial charge in [0.15, 0.2) is 0 Å². The molecule has 2 aromatic carbocycles. The maximum Gasteiger partial charge on any atom is 0.243 e. The summed E-state index contributed by atoms with van der Waals surface area (Å²) in [4.78, 5) is 12.1. The summed E-state index contributed by atoms with van der Waals surface area (Å²) < 4.78 is 16.0. The van der Waals surface area contributed by atoms with Crippen molar-refractivity contribution in [2.24, 2.45) is 0 Å². The topological polar surface area (TPSA) is 68.8 Å². The molecule has 2 rings (SSSR count). The first-order valence-electron chi connectivity index (χ1n) is 8.69. The van der Waals surface area contributed by atoms with Gasteiger partial charge in [-0.3, -0.25) is 4.79 Å². The molecule has 140 valence electrons. The van der Waals surface area contributed by atoms with Crippen LogP contribution in [0.15, 0.2) is 48.5 Å². The van der Waals surface area contributed by atoms with Crippen molar-refractivity contribution in [1.82, 2.24) is 0 Å². The Labute approximate surface area is 154 Å². The van der Waals surface area contributed by atoms with Crippen LogP contribution in [0.2, 0.25) is 0 Å². The van der Waals surface area contributed by atoms with Crippen LogP contribution in [-0.4, -0.2) is 39.4 Å². The van der Waals surface area contributed by atoms with Crippen LogP contribution in [0, 0.1) is 0 Å². The highest BCUT2D eigenvalue weighted by atomic mass is 16.5. The van der Waals surface area contributed by atoms with Crippen LogP contribution in [0.4, 0.5) is 11.4 Å². The fourth-order valence-electron chi connectivity index (χ4n) is 2.18. The van der Waals surface area contributed by atoms with Gasteiger partial charge in [0, 0.05) is 24.6 Å². The molecule has 0 aliphatic rings. The van der Waals surface area contributed by atoms with E-state index >= 15 is 0 Å². The molecule has 2 N–H and O–H groups in total. The Hall–Kier alpha value is -2.73. The van der Waals surface area contributed by atoms with Crippen LogP contribution >= 0.6 is 0 Å². The second kappa shape index (κ2) is 11.0. The van der Waals surface area contributed by atoms with Gasteiger partial charge in [0.25, 0.3) is 0 Å². The Morgan fingerprint density at radius 1 is 0.923 bits per heavy atom. The molecule has 0 radical (unpaired) electrons. The Balaban J connectivity index is 1.78. The Morgan fingerprint density at radius 2 is 1.69 bits per heavy atom. The summed E-state index contributed by atoms with van der Waals surface area (Å²) in [5, 5.41) is 5.93. The maximum atomic E-state index is 12.1. The minimum atomic E-state index is -0.127. The number of amides is 1. The SMILES string of the molecule is CCCOc1ccc(NC(=O)CNc2cccc(OCCOC)c2)cc1. The van der Waals surface area contributed by atoms with Crippen LogP contribution in [0.5, 0.6) is 11.5 Å². The predicted octanol–water partition coefficient (Wildman–Crippen LogP) is 3.55. The summed E-state index contributed by atoms with van der Waals surface area (Å²) in [6.07, 6.45) is 0.961. The molecule has 1 amide bonds. The van der Waals surface area contributed by atoms with Gasteiger partial charge >= 0.3 is 0 Å². The summed E-state index contributed by atoms with van der Waals surface area (Å²) in [5.41, 5.74) is 1.55. The largest absolute Gasteiger partial charge is 0.494 e. The number of rotatable bonds is 11. The summed E-state index contributed by atoms with van der Waals surface area (Å²) in [5.74, 6) is 1.40. The monoisotopic (exact) mass is 358 g/mol. The smallest absolute Gasteiger partial charge is 0.243 e. The average molecular weight is 358 g/mol. The van der Waals surface area contributed by atoms with Gasteiger partial charge in [-0.15, -0.1) is 0 Å². The zero-order valence-corrected chi connectivity index (χ0v) is 15.3. The number of carbonyl (C=O) groups excluding carboxylic acids is 1. The highest BCUT2D eigenvalue weighted by Crippen LogP contribution is 2.18. The second-order valence-corrected chi connectivity index (χ2v) is 5.64. The third kappa shape index (κ3) is 7.03. The minimum absolute atomic E-state index is 0.127. The van der Waals surface area contributed by atoms with Crippen molar-refractivity contribution in [3.8, 4) is 11.5 Å². The third-order valence-electron chi connectivity index (χ3n) is 3.45. The molecule has 0 saturated carbocycles. The number of hydrogen-bond donors (Lipinski definition) is 2. The molecule has 0 atom stereocenters. The average Bonchev–Trinajstić information content (AvgIpc) is 2.66. The van der Waals surface area contributed by atoms with Crippen LogP contribution < -0.4 is 20.1 Å². The molecule has 0 saturated heterocycles. The van der Waals surface area contributed by atoms with E-state index in [1.54, 1.807) is 7.11 Å².